The van der Waals surface area contributed by atoms with E-state index in [9.17, 15) is 14.0 Å². The van der Waals surface area contributed by atoms with Crippen LogP contribution in [0.4, 0.5) is 4.39 Å². The number of halogens is 2. The second-order valence-corrected chi connectivity index (χ2v) is 4.49. The summed E-state index contributed by atoms with van der Waals surface area (Å²) in [5.41, 5.74) is 0.371. The lowest BCUT2D eigenvalue weighted by Gasteiger charge is -2.06. The van der Waals surface area contributed by atoms with Crippen LogP contribution < -0.4 is 5.32 Å². The van der Waals surface area contributed by atoms with E-state index in [1.807, 2.05) is 22.6 Å². The number of amides is 1. The van der Waals surface area contributed by atoms with Gasteiger partial charge in [0.25, 0.3) is 5.91 Å². The summed E-state index contributed by atoms with van der Waals surface area (Å²) in [6, 6.07) is 3.86. The zero-order valence-electron chi connectivity index (χ0n) is 9.28. The van der Waals surface area contributed by atoms with E-state index in [1.165, 1.54) is 18.2 Å². The second kappa shape index (κ2) is 7.27. The number of rotatable bonds is 6. The lowest BCUT2D eigenvalue weighted by Crippen LogP contribution is -2.28. The van der Waals surface area contributed by atoms with Crippen molar-refractivity contribution in [1.29, 1.82) is 0 Å². The maximum absolute atomic E-state index is 12.8. The molecule has 0 bridgehead atoms. The molecule has 2 N–H and O–H groups in total. The Balaban J connectivity index is 2.39. The van der Waals surface area contributed by atoms with Gasteiger partial charge in [0, 0.05) is 10.1 Å². The Labute approximate surface area is 116 Å². The average Bonchev–Trinajstić information content (AvgIpc) is 2.27. The third-order valence-electron chi connectivity index (χ3n) is 1.93. The van der Waals surface area contributed by atoms with Crippen molar-refractivity contribution >= 4 is 34.5 Å². The molecule has 0 spiro atoms. The fraction of sp³-hybridized carbons (Fsp3) is 0.273. The van der Waals surface area contributed by atoms with Gasteiger partial charge in [-0.1, -0.05) is 0 Å². The van der Waals surface area contributed by atoms with Crippen molar-refractivity contribution in [1.82, 2.24) is 5.32 Å². The van der Waals surface area contributed by atoms with Gasteiger partial charge in [0.15, 0.2) is 0 Å². The van der Waals surface area contributed by atoms with E-state index in [4.69, 9.17) is 9.84 Å². The summed E-state index contributed by atoms with van der Waals surface area (Å²) in [5, 5.41) is 10.9. The van der Waals surface area contributed by atoms with Gasteiger partial charge >= 0.3 is 5.97 Å². The van der Waals surface area contributed by atoms with Crippen LogP contribution in [-0.4, -0.2) is 36.7 Å². The molecule has 18 heavy (non-hydrogen) atoms. The molecule has 0 atom stereocenters. The van der Waals surface area contributed by atoms with Crippen LogP contribution in [-0.2, 0) is 9.53 Å². The largest absolute Gasteiger partial charge is 0.480 e. The molecule has 0 aliphatic rings. The van der Waals surface area contributed by atoms with E-state index in [0.717, 1.165) is 0 Å². The van der Waals surface area contributed by atoms with Crippen LogP contribution in [0.2, 0.25) is 0 Å². The molecule has 0 heterocycles. The van der Waals surface area contributed by atoms with Crippen molar-refractivity contribution in [2.45, 2.75) is 0 Å². The molecule has 0 saturated heterocycles. The molecule has 1 aromatic rings. The normalized spacial score (nSPS) is 10.1. The van der Waals surface area contributed by atoms with E-state index >= 15 is 0 Å². The smallest absolute Gasteiger partial charge is 0.329 e. The van der Waals surface area contributed by atoms with Gasteiger partial charge in [-0.05, 0) is 40.8 Å². The number of hydrogen-bond donors (Lipinski definition) is 2. The number of hydrogen-bond acceptors (Lipinski definition) is 3. The number of carboxylic acids is 1. The molecule has 5 nitrogen and oxygen atoms in total. The molecule has 0 fully saturated rings. The number of ether oxygens (including phenoxy) is 1. The van der Waals surface area contributed by atoms with Crippen molar-refractivity contribution in [2.75, 3.05) is 19.8 Å². The van der Waals surface area contributed by atoms with Crippen molar-refractivity contribution < 1.29 is 23.8 Å². The Morgan fingerprint density at radius 3 is 2.78 bits per heavy atom. The number of benzene rings is 1. The predicted octanol–water partition coefficient (Wildman–Crippen LogP) is 1.26. The molecule has 1 aromatic carbocycles. The summed E-state index contributed by atoms with van der Waals surface area (Å²) < 4.78 is 18.1. The summed E-state index contributed by atoms with van der Waals surface area (Å²) >= 11 is 1.87. The van der Waals surface area contributed by atoms with Crippen molar-refractivity contribution in [3.8, 4) is 0 Å². The first kappa shape index (κ1) is 14.8. The van der Waals surface area contributed by atoms with E-state index in [0.29, 0.717) is 9.13 Å². The molecular weight excluding hydrogens is 356 g/mol. The monoisotopic (exact) mass is 367 g/mol. The molecule has 0 radical (unpaired) electrons. The molecule has 0 aliphatic carbocycles. The lowest BCUT2D eigenvalue weighted by molar-refractivity contribution is -0.142. The van der Waals surface area contributed by atoms with Crippen LogP contribution >= 0.6 is 22.6 Å². The van der Waals surface area contributed by atoms with E-state index in [2.05, 4.69) is 5.32 Å². The van der Waals surface area contributed by atoms with Crippen LogP contribution in [0.15, 0.2) is 18.2 Å². The maximum Gasteiger partial charge on any atom is 0.329 e. The molecule has 0 saturated carbocycles. The van der Waals surface area contributed by atoms with Crippen molar-refractivity contribution in [3.63, 3.8) is 0 Å². The number of carbonyl (C=O) groups excluding carboxylic acids is 1. The highest BCUT2D eigenvalue weighted by molar-refractivity contribution is 14.1. The molecule has 1 rings (SSSR count). The summed E-state index contributed by atoms with van der Waals surface area (Å²) in [6.07, 6.45) is 0. The van der Waals surface area contributed by atoms with E-state index in [1.54, 1.807) is 0 Å². The van der Waals surface area contributed by atoms with Crippen LogP contribution in [0.1, 0.15) is 10.4 Å². The van der Waals surface area contributed by atoms with Crippen LogP contribution in [0.25, 0.3) is 0 Å². The van der Waals surface area contributed by atoms with Gasteiger partial charge in [-0.15, -0.1) is 0 Å². The van der Waals surface area contributed by atoms with Crippen molar-refractivity contribution in [2.24, 2.45) is 0 Å². The second-order valence-electron chi connectivity index (χ2n) is 3.33. The topological polar surface area (TPSA) is 75.6 Å². The molecule has 0 aromatic heterocycles. The average molecular weight is 367 g/mol. The summed E-state index contributed by atoms with van der Waals surface area (Å²) in [4.78, 5) is 21.8. The minimum Gasteiger partial charge on any atom is -0.480 e. The number of carboxylic acid groups (broad SMARTS) is 1. The predicted molar refractivity (Wildman–Crippen MR) is 69.9 cm³/mol. The van der Waals surface area contributed by atoms with Gasteiger partial charge < -0.3 is 15.2 Å². The molecule has 98 valence electrons. The fourth-order valence-electron chi connectivity index (χ4n) is 1.17. The molecule has 0 unspecified atom stereocenters. The SMILES string of the molecule is O=C(O)COCCNC(=O)c1ccc(F)cc1I. The number of nitrogens with one attached hydrogen (secondary N) is 1. The molecule has 1 amide bonds. The Morgan fingerprint density at radius 1 is 1.44 bits per heavy atom. The highest BCUT2D eigenvalue weighted by Crippen LogP contribution is 2.13. The van der Waals surface area contributed by atoms with Crippen molar-refractivity contribution in [3.05, 3.63) is 33.1 Å². The maximum atomic E-state index is 12.8. The summed E-state index contributed by atoms with van der Waals surface area (Å²) in [7, 11) is 0. The Bertz CT molecular complexity index is 453. The number of aliphatic carboxylic acids is 1. The van der Waals surface area contributed by atoms with Crippen LogP contribution in [0.3, 0.4) is 0 Å². The third kappa shape index (κ3) is 4.96. The van der Waals surface area contributed by atoms with Gasteiger partial charge in [-0.3, -0.25) is 4.79 Å². The van der Waals surface area contributed by atoms with Gasteiger partial charge in [0.1, 0.15) is 12.4 Å². The van der Waals surface area contributed by atoms with Gasteiger partial charge in [-0.25, -0.2) is 9.18 Å². The Hall–Kier alpha value is -1.22. The van der Waals surface area contributed by atoms with Gasteiger partial charge in [0.05, 0.1) is 12.2 Å². The quantitative estimate of drug-likeness (QED) is 0.587. The first-order valence-corrected chi connectivity index (χ1v) is 6.11. The van der Waals surface area contributed by atoms with Gasteiger partial charge in [-0.2, -0.15) is 0 Å². The lowest BCUT2D eigenvalue weighted by atomic mass is 10.2. The summed E-state index contributed by atoms with van der Waals surface area (Å²) in [5.74, 6) is -1.81. The summed E-state index contributed by atoms with van der Waals surface area (Å²) in [6.45, 7) is -0.0979. The highest BCUT2D eigenvalue weighted by atomic mass is 127. The Morgan fingerprint density at radius 2 is 2.17 bits per heavy atom. The van der Waals surface area contributed by atoms with E-state index < -0.39 is 18.4 Å². The Kier molecular flexibility index (Phi) is 5.99. The van der Waals surface area contributed by atoms with E-state index in [-0.39, 0.29) is 19.1 Å². The number of carbonyl (C=O) groups is 2. The minimum atomic E-state index is -1.06. The zero-order valence-corrected chi connectivity index (χ0v) is 11.4. The zero-order chi connectivity index (χ0) is 13.5. The van der Waals surface area contributed by atoms with Gasteiger partial charge in [0.2, 0.25) is 0 Å². The standard InChI is InChI=1S/C11H11FINO4/c12-7-1-2-8(9(13)5-7)11(17)14-3-4-18-6-10(15)16/h1-2,5H,3-4,6H2,(H,14,17)(H,15,16). The molecule has 7 heteroatoms. The molecular formula is C11H11FINO4. The first-order valence-electron chi connectivity index (χ1n) is 5.03. The first-order chi connectivity index (χ1) is 8.50. The molecule has 0 aliphatic heterocycles. The highest BCUT2D eigenvalue weighted by Gasteiger charge is 2.09. The van der Waals surface area contributed by atoms with Crippen LogP contribution in [0.5, 0.6) is 0 Å². The third-order valence-corrected chi connectivity index (χ3v) is 2.83. The minimum absolute atomic E-state index is 0.107. The fourth-order valence-corrected chi connectivity index (χ4v) is 1.89. The van der Waals surface area contributed by atoms with Crippen LogP contribution in [0, 0.1) is 9.39 Å².